The molecule has 152 valence electrons. The maximum Gasteiger partial charge on any atom is 0.233 e. The normalized spacial score (nSPS) is 25.3. The van der Waals surface area contributed by atoms with Gasteiger partial charge in [0, 0.05) is 37.1 Å². The van der Waals surface area contributed by atoms with Gasteiger partial charge in [0.1, 0.15) is 0 Å². The van der Waals surface area contributed by atoms with Crippen molar-refractivity contribution in [3.05, 3.63) is 34.9 Å². The van der Waals surface area contributed by atoms with E-state index in [1.807, 2.05) is 29.2 Å². The Balaban J connectivity index is 1.39. The van der Waals surface area contributed by atoms with Crippen molar-refractivity contribution in [1.29, 1.82) is 0 Å². The van der Waals surface area contributed by atoms with E-state index in [9.17, 15) is 9.59 Å². The Morgan fingerprint density at radius 3 is 2.39 bits per heavy atom. The highest BCUT2D eigenvalue weighted by Gasteiger charge is 2.48. The van der Waals surface area contributed by atoms with Crippen LogP contribution in [0.4, 0.5) is 0 Å². The van der Waals surface area contributed by atoms with Gasteiger partial charge < -0.3 is 9.80 Å². The molecule has 2 amide bonds. The monoisotopic (exact) mass is 402 g/mol. The van der Waals surface area contributed by atoms with Gasteiger partial charge in [-0.05, 0) is 62.1 Å². The Hall–Kier alpha value is -1.55. The van der Waals surface area contributed by atoms with E-state index >= 15 is 0 Å². The number of amides is 2. The van der Waals surface area contributed by atoms with Gasteiger partial charge in [-0.2, -0.15) is 0 Å². The number of piperidine rings is 2. The summed E-state index contributed by atoms with van der Waals surface area (Å²) < 4.78 is 0. The fraction of sp³-hybridized carbons (Fsp3) is 0.652. The van der Waals surface area contributed by atoms with Gasteiger partial charge in [-0.3, -0.25) is 9.59 Å². The maximum atomic E-state index is 13.4. The first-order valence-corrected chi connectivity index (χ1v) is 11.2. The molecule has 3 aliphatic rings. The molecule has 2 aliphatic heterocycles. The van der Waals surface area contributed by atoms with E-state index < -0.39 is 5.41 Å². The predicted molar refractivity (Wildman–Crippen MR) is 111 cm³/mol. The number of hydrogen-bond donors (Lipinski definition) is 0. The van der Waals surface area contributed by atoms with Crippen LogP contribution in [0, 0.1) is 11.8 Å². The lowest BCUT2D eigenvalue weighted by Crippen LogP contribution is -2.54. The molecule has 1 saturated carbocycles. The summed E-state index contributed by atoms with van der Waals surface area (Å²) in [5.74, 6) is 1.23. The van der Waals surface area contributed by atoms with Crippen molar-refractivity contribution in [3.8, 4) is 0 Å². The standard InChI is InChI=1S/C23H31ClN2O2/c1-17-5-3-12-26(16-17)21(27)18-8-13-25(14-9-18)22(28)23(10-4-11-23)19-6-2-7-20(24)15-19/h2,6-7,15,17-18H,3-5,8-14,16H2,1H3. The van der Waals surface area contributed by atoms with Crippen LogP contribution in [0.3, 0.4) is 0 Å². The van der Waals surface area contributed by atoms with Crippen LogP contribution in [-0.2, 0) is 15.0 Å². The molecule has 2 heterocycles. The highest BCUT2D eigenvalue weighted by Crippen LogP contribution is 2.46. The molecule has 0 spiro atoms. The summed E-state index contributed by atoms with van der Waals surface area (Å²) in [6.07, 6.45) is 6.81. The largest absolute Gasteiger partial charge is 0.342 e. The molecule has 28 heavy (non-hydrogen) atoms. The number of hydrogen-bond acceptors (Lipinski definition) is 2. The van der Waals surface area contributed by atoms with Gasteiger partial charge in [0.25, 0.3) is 0 Å². The van der Waals surface area contributed by atoms with Crippen molar-refractivity contribution in [2.24, 2.45) is 11.8 Å². The van der Waals surface area contributed by atoms with E-state index in [2.05, 4.69) is 11.8 Å². The Bertz CT molecular complexity index is 738. The highest BCUT2D eigenvalue weighted by molar-refractivity contribution is 6.30. The van der Waals surface area contributed by atoms with Crippen molar-refractivity contribution in [2.45, 2.75) is 57.3 Å². The fourth-order valence-electron chi connectivity index (χ4n) is 5.22. The molecule has 4 nitrogen and oxygen atoms in total. The van der Waals surface area contributed by atoms with Crippen molar-refractivity contribution in [3.63, 3.8) is 0 Å². The minimum atomic E-state index is -0.399. The average molecular weight is 403 g/mol. The number of likely N-dealkylation sites (tertiary alicyclic amines) is 2. The molecule has 1 unspecified atom stereocenters. The summed E-state index contributed by atoms with van der Waals surface area (Å²) in [4.78, 5) is 30.4. The van der Waals surface area contributed by atoms with Crippen molar-refractivity contribution < 1.29 is 9.59 Å². The van der Waals surface area contributed by atoms with Crippen LogP contribution in [-0.4, -0.2) is 47.8 Å². The maximum absolute atomic E-state index is 13.4. The molecular formula is C23H31ClN2O2. The lowest BCUT2D eigenvalue weighted by molar-refractivity contribution is -0.146. The van der Waals surface area contributed by atoms with Gasteiger partial charge in [-0.1, -0.05) is 37.1 Å². The zero-order valence-corrected chi connectivity index (χ0v) is 17.6. The SMILES string of the molecule is CC1CCCN(C(=O)C2CCN(C(=O)C3(c4cccc(Cl)c4)CCC3)CC2)C1. The molecule has 0 N–H and O–H groups in total. The summed E-state index contributed by atoms with van der Waals surface area (Å²) in [5.41, 5.74) is 0.654. The molecule has 1 atom stereocenters. The van der Waals surface area contributed by atoms with Gasteiger partial charge in [0.2, 0.25) is 11.8 Å². The molecule has 1 aromatic carbocycles. The van der Waals surface area contributed by atoms with Crippen molar-refractivity contribution >= 4 is 23.4 Å². The van der Waals surface area contributed by atoms with Crippen molar-refractivity contribution in [2.75, 3.05) is 26.2 Å². The molecule has 1 aliphatic carbocycles. The number of rotatable bonds is 3. The van der Waals surface area contributed by atoms with E-state index in [0.717, 1.165) is 57.2 Å². The zero-order chi connectivity index (χ0) is 19.7. The first kappa shape index (κ1) is 19.8. The number of nitrogens with zero attached hydrogens (tertiary/aromatic N) is 2. The summed E-state index contributed by atoms with van der Waals surface area (Å²) in [7, 11) is 0. The Labute approximate surface area is 173 Å². The fourth-order valence-corrected chi connectivity index (χ4v) is 5.41. The van der Waals surface area contributed by atoms with Gasteiger partial charge in [-0.15, -0.1) is 0 Å². The van der Waals surface area contributed by atoms with Gasteiger partial charge in [0.05, 0.1) is 5.41 Å². The minimum absolute atomic E-state index is 0.0814. The molecule has 2 saturated heterocycles. The number of halogens is 1. The summed E-state index contributed by atoms with van der Waals surface area (Å²) >= 11 is 6.19. The van der Waals surface area contributed by atoms with Gasteiger partial charge in [-0.25, -0.2) is 0 Å². The van der Waals surface area contributed by atoms with Crippen LogP contribution in [0.2, 0.25) is 5.02 Å². The smallest absolute Gasteiger partial charge is 0.233 e. The Morgan fingerprint density at radius 1 is 1.04 bits per heavy atom. The van der Waals surface area contributed by atoms with E-state index in [4.69, 9.17) is 11.6 Å². The first-order valence-electron chi connectivity index (χ1n) is 10.8. The molecule has 5 heteroatoms. The van der Waals surface area contributed by atoms with Crippen LogP contribution >= 0.6 is 11.6 Å². The molecular weight excluding hydrogens is 372 g/mol. The summed E-state index contributed by atoms with van der Waals surface area (Å²) in [6, 6.07) is 7.79. The molecule has 0 bridgehead atoms. The molecule has 0 aromatic heterocycles. The van der Waals surface area contributed by atoms with E-state index in [1.54, 1.807) is 0 Å². The quantitative estimate of drug-likeness (QED) is 0.757. The molecule has 3 fully saturated rings. The second-order valence-electron chi connectivity index (χ2n) is 9.04. The third-order valence-corrected chi connectivity index (χ3v) is 7.33. The third-order valence-electron chi connectivity index (χ3n) is 7.09. The van der Waals surface area contributed by atoms with Crippen LogP contribution in [0.25, 0.3) is 0 Å². The van der Waals surface area contributed by atoms with Crippen molar-refractivity contribution in [1.82, 2.24) is 9.80 Å². The average Bonchev–Trinajstić information content (AvgIpc) is 2.67. The summed E-state index contributed by atoms with van der Waals surface area (Å²) in [6.45, 7) is 5.42. The first-order chi connectivity index (χ1) is 13.5. The topological polar surface area (TPSA) is 40.6 Å². The van der Waals surface area contributed by atoms with Crippen LogP contribution in [0.1, 0.15) is 57.4 Å². The number of benzene rings is 1. The second kappa shape index (κ2) is 8.06. The lowest BCUT2D eigenvalue weighted by Gasteiger charge is -2.46. The second-order valence-corrected chi connectivity index (χ2v) is 9.48. The van der Waals surface area contributed by atoms with Crippen LogP contribution in [0.15, 0.2) is 24.3 Å². The predicted octanol–water partition coefficient (Wildman–Crippen LogP) is 4.26. The number of carbonyl (C=O) groups excluding carboxylic acids is 2. The van der Waals surface area contributed by atoms with Gasteiger partial charge in [0.15, 0.2) is 0 Å². The Kier molecular flexibility index (Phi) is 5.69. The molecule has 0 radical (unpaired) electrons. The minimum Gasteiger partial charge on any atom is -0.342 e. The van der Waals surface area contributed by atoms with E-state index in [1.165, 1.54) is 6.42 Å². The number of carbonyl (C=O) groups is 2. The van der Waals surface area contributed by atoms with Gasteiger partial charge >= 0.3 is 0 Å². The third kappa shape index (κ3) is 3.68. The van der Waals surface area contributed by atoms with E-state index in [0.29, 0.717) is 29.9 Å². The summed E-state index contributed by atoms with van der Waals surface area (Å²) in [5, 5.41) is 0.691. The zero-order valence-electron chi connectivity index (χ0n) is 16.8. The van der Waals surface area contributed by atoms with Crippen LogP contribution < -0.4 is 0 Å². The lowest BCUT2D eigenvalue weighted by atomic mass is 9.63. The highest BCUT2D eigenvalue weighted by atomic mass is 35.5. The molecule has 1 aromatic rings. The Morgan fingerprint density at radius 2 is 1.79 bits per heavy atom. The van der Waals surface area contributed by atoms with E-state index in [-0.39, 0.29) is 11.8 Å². The molecule has 4 rings (SSSR count). The van der Waals surface area contributed by atoms with Crippen LogP contribution in [0.5, 0.6) is 0 Å².